The van der Waals surface area contributed by atoms with E-state index in [2.05, 4.69) is 21.2 Å². The predicted octanol–water partition coefficient (Wildman–Crippen LogP) is 3.72. The molecule has 0 heterocycles. The van der Waals surface area contributed by atoms with Crippen LogP contribution < -0.4 is 10.1 Å². The summed E-state index contributed by atoms with van der Waals surface area (Å²) in [7, 11) is 1.56. The van der Waals surface area contributed by atoms with E-state index in [1.165, 1.54) is 0 Å². The second-order valence-corrected chi connectivity index (χ2v) is 5.10. The summed E-state index contributed by atoms with van der Waals surface area (Å²) in [4.78, 5) is 12.3. The van der Waals surface area contributed by atoms with E-state index < -0.39 is 0 Å². The minimum Gasteiger partial charge on any atom is -0.508 e. The van der Waals surface area contributed by atoms with Gasteiger partial charge in [0.15, 0.2) is 0 Å². The number of aromatic hydroxyl groups is 1. The first-order valence-electron chi connectivity index (χ1n) is 5.96. The molecule has 0 radical (unpaired) electrons. The third kappa shape index (κ3) is 2.93. The van der Waals surface area contributed by atoms with Crippen LogP contribution in [-0.4, -0.2) is 18.1 Å². The van der Waals surface area contributed by atoms with Gasteiger partial charge in [0.2, 0.25) is 0 Å². The van der Waals surface area contributed by atoms with Gasteiger partial charge in [-0.15, -0.1) is 0 Å². The molecule has 2 N–H and O–H groups in total. The number of methoxy groups -OCH3 is 1. The smallest absolute Gasteiger partial charge is 0.256 e. The molecule has 0 saturated heterocycles. The van der Waals surface area contributed by atoms with Crippen LogP contribution in [0, 0.1) is 6.92 Å². The standard InChI is InChI=1S/C15H14BrNO3/c1-9-11(4-3-5-14(9)18)15(19)17-13-8-10(20-2)6-7-12(13)16/h3-8,18H,1-2H3,(H,17,19). The number of anilines is 1. The molecule has 2 aromatic rings. The van der Waals surface area contributed by atoms with Gasteiger partial charge in [0.05, 0.1) is 12.8 Å². The van der Waals surface area contributed by atoms with Gasteiger partial charge in [0.25, 0.3) is 5.91 Å². The third-order valence-corrected chi connectivity index (χ3v) is 3.66. The van der Waals surface area contributed by atoms with Crippen molar-refractivity contribution >= 4 is 27.5 Å². The van der Waals surface area contributed by atoms with Crippen molar-refractivity contribution in [2.75, 3.05) is 12.4 Å². The van der Waals surface area contributed by atoms with E-state index in [0.717, 1.165) is 4.47 Å². The second kappa shape index (κ2) is 5.96. The lowest BCUT2D eigenvalue weighted by Crippen LogP contribution is -2.13. The number of carbonyl (C=O) groups excluding carboxylic acids is 1. The number of nitrogens with one attached hydrogen (secondary N) is 1. The molecule has 1 amide bonds. The van der Waals surface area contributed by atoms with Gasteiger partial charge < -0.3 is 15.2 Å². The Balaban J connectivity index is 2.30. The first-order chi connectivity index (χ1) is 9.52. The number of halogens is 1. The highest BCUT2D eigenvalue weighted by Crippen LogP contribution is 2.28. The summed E-state index contributed by atoms with van der Waals surface area (Å²) in [5.74, 6) is 0.464. The lowest BCUT2D eigenvalue weighted by molar-refractivity contribution is 0.102. The lowest BCUT2D eigenvalue weighted by Gasteiger charge is -2.11. The summed E-state index contributed by atoms with van der Waals surface area (Å²) in [6.07, 6.45) is 0. The summed E-state index contributed by atoms with van der Waals surface area (Å²) in [6.45, 7) is 1.70. The maximum Gasteiger partial charge on any atom is 0.256 e. The highest BCUT2D eigenvalue weighted by molar-refractivity contribution is 9.10. The van der Waals surface area contributed by atoms with Gasteiger partial charge in [-0.05, 0) is 47.1 Å². The van der Waals surface area contributed by atoms with Crippen LogP contribution in [-0.2, 0) is 0 Å². The lowest BCUT2D eigenvalue weighted by atomic mass is 10.1. The molecule has 0 fully saturated rings. The van der Waals surface area contributed by atoms with Crippen LogP contribution >= 0.6 is 15.9 Å². The van der Waals surface area contributed by atoms with Crippen LogP contribution in [0.2, 0.25) is 0 Å². The number of benzene rings is 2. The second-order valence-electron chi connectivity index (χ2n) is 4.25. The molecule has 0 aromatic heterocycles. The number of rotatable bonds is 3. The Bertz CT molecular complexity index is 656. The van der Waals surface area contributed by atoms with Crippen molar-refractivity contribution in [3.63, 3.8) is 0 Å². The molecule has 2 rings (SSSR count). The van der Waals surface area contributed by atoms with Crippen molar-refractivity contribution in [2.24, 2.45) is 0 Å². The number of hydrogen-bond donors (Lipinski definition) is 2. The van der Waals surface area contributed by atoms with Crippen molar-refractivity contribution in [3.8, 4) is 11.5 Å². The Morgan fingerprint density at radius 2 is 2.05 bits per heavy atom. The Morgan fingerprint density at radius 3 is 2.75 bits per heavy atom. The molecule has 5 heteroatoms. The molecular weight excluding hydrogens is 322 g/mol. The van der Waals surface area contributed by atoms with Crippen LogP contribution in [0.15, 0.2) is 40.9 Å². The minimum absolute atomic E-state index is 0.0994. The van der Waals surface area contributed by atoms with Crippen LogP contribution in [0.5, 0.6) is 11.5 Å². The highest BCUT2D eigenvalue weighted by atomic mass is 79.9. The average molecular weight is 336 g/mol. The van der Waals surface area contributed by atoms with Gasteiger partial charge in [-0.1, -0.05) is 6.07 Å². The topological polar surface area (TPSA) is 58.6 Å². The Hall–Kier alpha value is -2.01. The number of phenolic OH excluding ortho intramolecular Hbond substituents is 1. The first kappa shape index (κ1) is 14.4. The Morgan fingerprint density at radius 1 is 1.30 bits per heavy atom. The molecule has 0 atom stereocenters. The van der Waals surface area contributed by atoms with Crippen LogP contribution in [0.25, 0.3) is 0 Å². The zero-order chi connectivity index (χ0) is 14.7. The molecule has 0 aliphatic carbocycles. The van der Waals surface area contributed by atoms with E-state index in [0.29, 0.717) is 22.6 Å². The molecule has 0 bridgehead atoms. The highest BCUT2D eigenvalue weighted by Gasteiger charge is 2.13. The molecule has 0 aliphatic rings. The van der Waals surface area contributed by atoms with Crippen LogP contribution in [0.3, 0.4) is 0 Å². The van der Waals surface area contributed by atoms with Gasteiger partial charge >= 0.3 is 0 Å². The van der Waals surface area contributed by atoms with Crippen molar-refractivity contribution in [1.82, 2.24) is 0 Å². The van der Waals surface area contributed by atoms with E-state index >= 15 is 0 Å². The van der Waals surface area contributed by atoms with Gasteiger partial charge in [-0.3, -0.25) is 4.79 Å². The van der Waals surface area contributed by atoms with E-state index in [1.807, 2.05) is 0 Å². The molecule has 0 saturated carbocycles. The number of ether oxygens (including phenoxy) is 1. The van der Waals surface area contributed by atoms with Gasteiger partial charge in [-0.2, -0.15) is 0 Å². The van der Waals surface area contributed by atoms with E-state index in [9.17, 15) is 9.90 Å². The van der Waals surface area contributed by atoms with E-state index in [1.54, 1.807) is 50.4 Å². The summed E-state index contributed by atoms with van der Waals surface area (Å²) in [6, 6.07) is 10.2. The fourth-order valence-electron chi connectivity index (χ4n) is 1.79. The molecule has 0 unspecified atom stereocenters. The monoisotopic (exact) mass is 335 g/mol. The van der Waals surface area contributed by atoms with Gasteiger partial charge in [-0.25, -0.2) is 0 Å². The van der Waals surface area contributed by atoms with Crippen molar-refractivity contribution in [3.05, 3.63) is 52.0 Å². The Labute approximate surface area is 125 Å². The zero-order valence-electron chi connectivity index (χ0n) is 11.1. The summed E-state index contributed by atoms with van der Waals surface area (Å²) in [5, 5.41) is 12.4. The quantitative estimate of drug-likeness (QED) is 0.898. The zero-order valence-corrected chi connectivity index (χ0v) is 12.7. The van der Waals surface area contributed by atoms with Crippen molar-refractivity contribution in [2.45, 2.75) is 6.92 Å². The molecule has 20 heavy (non-hydrogen) atoms. The molecule has 0 spiro atoms. The number of carbonyl (C=O) groups is 1. The summed E-state index contributed by atoms with van der Waals surface area (Å²) in [5.41, 5.74) is 1.58. The maximum atomic E-state index is 12.3. The molecule has 104 valence electrons. The van der Waals surface area contributed by atoms with Crippen LogP contribution in [0.1, 0.15) is 15.9 Å². The number of hydrogen-bond acceptors (Lipinski definition) is 3. The summed E-state index contributed by atoms with van der Waals surface area (Å²) >= 11 is 3.37. The molecular formula is C15H14BrNO3. The molecule has 2 aromatic carbocycles. The number of phenols is 1. The summed E-state index contributed by atoms with van der Waals surface area (Å²) < 4.78 is 5.88. The van der Waals surface area contributed by atoms with Crippen molar-refractivity contribution in [1.29, 1.82) is 0 Å². The SMILES string of the molecule is COc1ccc(Br)c(NC(=O)c2cccc(O)c2C)c1. The average Bonchev–Trinajstić information content (AvgIpc) is 2.44. The van der Waals surface area contributed by atoms with E-state index in [4.69, 9.17) is 4.74 Å². The van der Waals surface area contributed by atoms with Gasteiger partial charge in [0.1, 0.15) is 11.5 Å². The Kier molecular flexibility index (Phi) is 4.29. The predicted molar refractivity (Wildman–Crippen MR) is 81.5 cm³/mol. The van der Waals surface area contributed by atoms with Crippen molar-refractivity contribution < 1.29 is 14.6 Å². The van der Waals surface area contributed by atoms with Crippen LogP contribution in [0.4, 0.5) is 5.69 Å². The molecule has 0 aliphatic heterocycles. The van der Waals surface area contributed by atoms with Gasteiger partial charge in [0, 0.05) is 21.7 Å². The normalized spacial score (nSPS) is 10.2. The minimum atomic E-state index is -0.285. The fourth-order valence-corrected chi connectivity index (χ4v) is 2.13. The first-order valence-corrected chi connectivity index (χ1v) is 6.75. The third-order valence-electron chi connectivity index (χ3n) is 2.97. The largest absolute Gasteiger partial charge is 0.508 e. The maximum absolute atomic E-state index is 12.3. The number of amides is 1. The fraction of sp³-hybridized carbons (Fsp3) is 0.133. The molecule has 4 nitrogen and oxygen atoms in total. The van der Waals surface area contributed by atoms with E-state index in [-0.39, 0.29) is 11.7 Å².